The lowest BCUT2D eigenvalue weighted by molar-refractivity contribution is 0.0953. The Bertz CT molecular complexity index is 800. The lowest BCUT2D eigenvalue weighted by Crippen LogP contribution is -2.30. The Hall–Kier alpha value is -3.15. The number of pyridine rings is 1. The first-order chi connectivity index (χ1) is 12.8. The number of hydrogen-bond donors (Lipinski definition) is 1. The van der Waals surface area contributed by atoms with Gasteiger partial charge >= 0.3 is 0 Å². The van der Waals surface area contributed by atoms with Crippen molar-refractivity contribution < 1.29 is 4.79 Å². The number of nitrogens with zero attached hydrogens (tertiary/aromatic N) is 4. The van der Waals surface area contributed by atoms with E-state index in [1.807, 2.05) is 30.5 Å². The first-order valence-electron chi connectivity index (χ1n) is 8.80. The van der Waals surface area contributed by atoms with E-state index >= 15 is 0 Å². The number of benzene rings is 1. The molecule has 0 saturated heterocycles. The zero-order valence-corrected chi connectivity index (χ0v) is 14.9. The Balaban J connectivity index is 1.46. The van der Waals surface area contributed by atoms with Crippen LogP contribution in [0.4, 0.5) is 5.69 Å². The topological polar surface area (TPSA) is 63.1 Å². The van der Waals surface area contributed by atoms with Gasteiger partial charge in [0.1, 0.15) is 12.1 Å². The number of rotatable bonds is 8. The van der Waals surface area contributed by atoms with Crippen LogP contribution in [0.1, 0.15) is 23.7 Å². The van der Waals surface area contributed by atoms with Crippen LogP contribution in [0.5, 0.6) is 0 Å². The van der Waals surface area contributed by atoms with E-state index in [0.29, 0.717) is 12.1 Å². The van der Waals surface area contributed by atoms with Gasteiger partial charge < -0.3 is 10.2 Å². The van der Waals surface area contributed by atoms with E-state index < -0.39 is 0 Å². The first kappa shape index (κ1) is 17.7. The van der Waals surface area contributed by atoms with Crippen LogP contribution in [-0.2, 0) is 0 Å². The molecule has 1 amide bonds. The van der Waals surface area contributed by atoms with Gasteiger partial charge in [0.25, 0.3) is 5.91 Å². The summed E-state index contributed by atoms with van der Waals surface area (Å²) in [5, 5.41) is 2.96. The van der Waals surface area contributed by atoms with Gasteiger partial charge in [-0.3, -0.25) is 9.36 Å². The van der Waals surface area contributed by atoms with Crippen molar-refractivity contribution in [1.82, 2.24) is 19.9 Å². The third-order valence-corrected chi connectivity index (χ3v) is 4.17. The number of para-hydroxylation sites is 1. The number of nitrogens with one attached hydrogen (secondary N) is 1. The van der Waals surface area contributed by atoms with E-state index in [0.717, 1.165) is 25.3 Å². The fraction of sp³-hybridized carbons (Fsp3) is 0.250. The quantitative estimate of drug-likeness (QED) is 0.635. The monoisotopic (exact) mass is 349 g/mol. The van der Waals surface area contributed by atoms with Gasteiger partial charge in [-0.1, -0.05) is 18.2 Å². The summed E-state index contributed by atoms with van der Waals surface area (Å²) in [6.45, 7) is 4.61. The molecule has 0 aliphatic carbocycles. The molecule has 0 spiro atoms. The maximum Gasteiger partial charge on any atom is 0.252 e. The zero-order chi connectivity index (χ0) is 18.2. The smallest absolute Gasteiger partial charge is 0.252 e. The Morgan fingerprint density at radius 1 is 1.19 bits per heavy atom. The van der Waals surface area contributed by atoms with E-state index in [4.69, 9.17) is 0 Å². The molecule has 2 aromatic heterocycles. The second kappa shape index (κ2) is 8.80. The van der Waals surface area contributed by atoms with E-state index in [-0.39, 0.29) is 5.91 Å². The molecule has 134 valence electrons. The average molecular weight is 349 g/mol. The van der Waals surface area contributed by atoms with Crippen LogP contribution in [0, 0.1) is 0 Å². The Kier molecular flexibility index (Phi) is 5.98. The van der Waals surface area contributed by atoms with Crippen molar-refractivity contribution in [2.45, 2.75) is 13.3 Å². The number of carbonyl (C=O) groups excluding carboxylic acids is 1. The molecule has 0 fully saturated rings. The van der Waals surface area contributed by atoms with Crippen LogP contribution in [0.2, 0.25) is 0 Å². The molecule has 0 atom stereocenters. The van der Waals surface area contributed by atoms with Crippen LogP contribution in [0.3, 0.4) is 0 Å². The Morgan fingerprint density at radius 3 is 2.69 bits per heavy atom. The van der Waals surface area contributed by atoms with Crippen molar-refractivity contribution in [3.05, 3.63) is 72.9 Å². The number of anilines is 1. The van der Waals surface area contributed by atoms with Gasteiger partial charge in [-0.15, -0.1) is 0 Å². The third kappa shape index (κ3) is 4.47. The molecule has 0 bridgehead atoms. The number of imidazole rings is 1. The predicted molar refractivity (Wildman–Crippen MR) is 103 cm³/mol. The summed E-state index contributed by atoms with van der Waals surface area (Å²) in [6, 6.07) is 13.9. The molecule has 6 nitrogen and oxygen atoms in total. The molecule has 3 aromatic rings. The van der Waals surface area contributed by atoms with E-state index in [1.54, 1.807) is 29.4 Å². The second-order valence-corrected chi connectivity index (χ2v) is 5.90. The molecule has 0 unspecified atom stereocenters. The van der Waals surface area contributed by atoms with Gasteiger partial charge in [-0.25, -0.2) is 9.97 Å². The summed E-state index contributed by atoms with van der Waals surface area (Å²) in [4.78, 5) is 22.8. The second-order valence-electron chi connectivity index (χ2n) is 5.90. The normalized spacial score (nSPS) is 10.5. The van der Waals surface area contributed by atoms with Gasteiger partial charge in [-0.05, 0) is 37.6 Å². The number of amides is 1. The molecule has 6 heteroatoms. The molecule has 0 aliphatic rings. The molecule has 3 rings (SSSR count). The van der Waals surface area contributed by atoms with Crippen molar-refractivity contribution in [2.24, 2.45) is 0 Å². The molecular weight excluding hydrogens is 326 g/mol. The summed E-state index contributed by atoms with van der Waals surface area (Å²) in [7, 11) is 0. The zero-order valence-electron chi connectivity index (χ0n) is 14.9. The van der Waals surface area contributed by atoms with E-state index in [9.17, 15) is 4.79 Å². The first-order valence-corrected chi connectivity index (χ1v) is 8.80. The van der Waals surface area contributed by atoms with Crippen molar-refractivity contribution in [1.29, 1.82) is 0 Å². The SMILES string of the molecule is CCN(CCCNC(=O)c1ccc(-n2ccnc2)nc1)c1ccccc1. The summed E-state index contributed by atoms with van der Waals surface area (Å²) in [5.41, 5.74) is 1.77. The fourth-order valence-electron chi connectivity index (χ4n) is 2.75. The van der Waals surface area contributed by atoms with Crippen LogP contribution >= 0.6 is 0 Å². The largest absolute Gasteiger partial charge is 0.372 e. The molecule has 1 N–H and O–H groups in total. The summed E-state index contributed by atoms with van der Waals surface area (Å²) in [6.07, 6.45) is 7.65. The standard InChI is InChI=1S/C20H23N5O/c1-2-24(18-7-4-3-5-8-18)13-6-11-22-20(26)17-9-10-19(23-15-17)25-14-12-21-16-25/h3-5,7-10,12,14-16H,2,6,11,13H2,1H3,(H,22,26). The van der Waals surface area contributed by atoms with Crippen molar-refractivity contribution in [2.75, 3.05) is 24.5 Å². The number of aromatic nitrogens is 3. The molecule has 26 heavy (non-hydrogen) atoms. The Labute approximate surface area is 153 Å². The highest BCUT2D eigenvalue weighted by Crippen LogP contribution is 2.12. The average Bonchev–Trinajstić information content (AvgIpc) is 3.23. The molecule has 0 saturated carbocycles. The van der Waals surface area contributed by atoms with E-state index in [1.165, 1.54) is 5.69 Å². The van der Waals surface area contributed by atoms with Gasteiger partial charge in [0.05, 0.1) is 5.56 Å². The van der Waals surface area contributed by atoms with Crippen LogP contribution in [-0.4, -0.2) is 40.1 Å². The molecule has 1 aromatic carbocycles. The van der Waals surface area contributed by atoms with Crippen LogP contribution in [0.15, 0.2) is 67.4 Å². The summed E-state index contributed by atoms with van der Waals surface area (Å²) < 4.78 is 1.80. The molecule has 0 aliphatic heterocycles. The van der Waals surface area contributed by atoms with Crippen molar-refractivity contribution in [3.63, 3.8) is 0 Å². The van der Waals surface area contributed by atoms with Gasteiger partial charge in [0.15, 0.2) is 0 Å². The van der Waals surface area contributed by atoms with Crippen molar-refractivity contribution >= 4 is 11.6 Å². The minimum Gasteiger partial charge on any atom is -0.372 e. The minimum absolute atomic E-state index is 0.0996. The predicted octanol–water partition coefficient (Wildman–Crippen LogP) is 2.91. The fourth-order valence-corrected chi connectivity index (χ4v) is 2.75. The molecular formula is C20H23N5O. The molecule has 2 heterocycles. The van der Waals surface area contributed by atoms with Crippen LogP contribution in [0.25, 0.3) is 5.82 Å². The number of carbonyl (C=O) groups is 1. The maximum absolute atomic E-state index is 12.2. The van der Waals surface area contributed by atoms with E-state index in [2.05, 4.69) is 39.2 Å². The highest BCUT2D eigenvalue weighted by Gasteiger charge is 2.07. The highest BCUT2D eigenvalue weighted by atomic mass is 16.1. The van der Waals surface area contributed by atoms with Crippen molar-refractivity contribution in [3.8, 4) is 5.82 Å². The van der Waals surface area contributed by atoms with Gasteiger partial charge in [0, 0.05) is 43.9 Å². The summed E-state index contributed by atoms with van der Waals surface area (Å²) >= 11 is 0. The lowest BCUT2D eigenvalue weighted by Gasteiger charge is -2.23. The van der Waals surface area contributed by atoms with Gasteiger partial charge in [0.2, 0.25) is 0 Å². The van der Waals surface area contributed by atoms with Crippen LogP contribution < -0.4 is 10.2 Å². The maximum atomic E-state index is 12.2. The highest BCUT2D eigenvalue weighted by molar-refractivity contribution is 5.93. The minimum atomic E-state index is -0.0996. The molecule has 0 radical (unpaired) electrons. The summed E-state index contributed by atoms with van der Waals surface area (Å²) in [5.74, 6) is 0.637. The Morgan fingerprint density at radius 2 is 2.04 bits per heavy atom. The lowest BCUT2D eigenvalue weighted by atomic mass is 10.2. The number of hydrogen-bond acceptors (Lipinski definition) is 4. The van der Waals surface area contributed by atoms with Gasteiger partial charge in [-0.2, -0.15) is 0 Å². The third-order valence-electron chi connectivity index (χ3n) is 4.17.